The summed E-state index contributed by atoms with van der Waals surface area (Å²) in [7, 11) is 0. The van der Waals surface area contributed by atoms with Crippen molar-refractivity contribution in [1.82, 2.24) is 0 Å². The number of rotatable bonds is 3. The Hall–Kier alpha value is -3.03. The quantitative estimate of drug-likeness (QED) is 0.729. The van der Waals surface area contributed by atoms with Crippen LogP contribution in [0.2, 0.25) is 5.02 Å². The fourth-order valence-electron chi connectivity index (χ4n) is 2.24. The van der Waals surface area contributed by atoms with Crippen molar-refractivity contribution in [2.24, 2.45) is 0 Å². The van der Waals surface area contributed by atoms with Gasteiger partial charge >= 0.3 is 0 Å². The Bertz CT molecular complexity index is 937. The molecule has 0 atom stereocenters. The zero-order chi connectivity index (χ0) is 17.1. The van der Waals surface area contributed by atoms with E-state index in [1.807, 2.05) is 37.3 Å². The van der Waals surface area contributed by atoms with Crippen LogP contribution in [0, 0.1) is 18.3 Å². The second-order valence-corrected chi connectivity index (χ2v) is 5.67. The van der Waals surface area contributed by atoms with E-state index in [-0.39, 0.29) is 11.4 Å². The molecule has 0 saturated carbocycles. The molecule has 1 amide bonds. The highest BCUT2D eigenvalue weighted by Gasteiger charge is 2.17. The SMILES string of the molecule is Cc1ccc(-c2cc(C#N)c(NC(=O)c3ccccc3Cl)o2)cc1. The first-order valence-corrected chi connectivity index (χ1v) is 7.63. The molecule has 0 spiro atoms. The van der Waals surface area contributed by atoms with Crippen LogP contribution in [-0.4, -0.2) is 5.91 Å². The monoisotopic (exact) mass is 336 g/mol. The van der Waals surface area contributed by atoms with Crippen LogP contribution in [0.25, 0.3) is 11.3 Å². The van der Waals surface area contributed by atoms with Gasteiger partial charge in [0, 0.05) is 11.6 Å². The Morgan fingerprint density at radius 1 is 1.17 bits per heavy atom. The summed E-state index contributed by atoms with van der Waals surface area (Å²) in [6.45, 7) is 1.99. The molecule has 0 fully saturated rings. The van der Waals surface area contributed by atoms with E-state index in [1.165, 1.54) is 0 Å². The van der Waals surface area contributed by atoms with E-state index in [4.69, 9.17) is 16.0 Å². The first kappa shape index (κ1) is 15.9. The molecule has 0 unspecified atom stereocenters. The molecule has 0 aliphatic rings. The van der Waals surface area contributed by atoms with Crippen molar-refractivity contribution in [1.29, 1.82) is 5.26 Å². The van der Waals surface area contributed by atoms with E-state index >= 15 is 0 Å². The van der Waals surface area contributed by atoms with Gasteiger partial charge in [-0.25, -0.2) is 0 Å². The zero-order valence-corrected chi connectivity index (χ0v) is 13.6. The first-order chi connectivity index (χ1) is 11.6. The van der Waals surface area contributed by atoms with Crippen molar-refractivity contribution in [2.75, 3.05) is 5.32 Å². The van der Waals surface area contributed by atoms with Crippen LogP contribution < -0.4 is 5.32 Å². The summed E-state index contributed by atoms with van der Waals surface area (Å²) in [5, 5.41) is 12.2. The van der Waals surface area contributed by atoms with Crippen LogP contribution in [-0.2, 0) is 0 Å². The van der Waals surface area contributed by atoms with Gasteiger partial charge in [-0.1, -0.05) is 53.6 Å². The molecule has 0 bridgehead atoms. The second kappa shape index (κ2) is 6.61. The third kappa shape index (κ3) is 3.17. The Labute approximate surface area is 144 Å². The van der Waals surface area contributed by atoms with Gasteiger partial charge in [-0.05, 0) is 19.1 Å². The number of anilines is 1. The predicted molar refractivity (Wildman–Crippen MR) is 93.0 cm³/mol. The van der Waals surface area contributed by atoms with E-state index in [0.29, 0.717) is 16.3 Å². The van der Waals surface area contributed by atoms with Gasteiger partial charge in [-0.15, -0.1) is 0 Å². The number of furan rings is 1. The number of aryl methyl sites for hydroxylation is 1. The number of nitrogens with zero attached hydrogens (tertiary/aromatic N) is 1. The van der Waals surface area contributed by atoms with Crippen LogP contribution >= 0.6 is 11.6 Å². The molecule has 1 heterocycles. The highest BCUT2D eigenvalue weighted by Crippen LogP contribution is 2.29. The van der Waals surface area contributed by atoms with Gasteiger partial charge < -0.3 is 4.42 Å². The maximum atomic E-state index is 12.3. The van der Waals surface area contributed by atoms with E-state index in [0.717, 1.165) is 11.1 Å². The number of hydrogen-bond donors (Lipinski definition) is 1. The van der Waals surface area contributed by atoms with Crippen molar-refractivity contribution in [3.63, 3.8) is 0 Å². The lowest BCUT2D eigenvalue weighted by Gasteiger charge is -2.04. The van der Waals surface area contributed by atoms with E-state index in [1.54, 1.807) is 30.3 Å². The maximum absolute atomic E-state index is 12.3. The minimum absolute atomic E-state index is 0.109. The third-order valence-electron chi connectivity index (χ3n) is 3.53. The van der Waals surface area contributed by atoms with Crippen molar-refractivity contribution < 1.29 is 9.21 Å². The number of hydrogen-bond acceptors (Lipinski definition) is 3. The first-order valence-electron chi connectivity index (χ1n) is 7.25. The number of amides is 1. The molecule has 0 aliphatic heterocycles. The number of benzene rings is 2. The fraction of sp³-hybridized carbons (Fsp3) is 0.0526. The predicted octanol–water partition coefficient (Wildman–Crippen LogP) is 5.03. The summed E-state index contributed by atoms with van der Waals surface area (Å²) < 4.78 is 5.67. The zero-order valence-electron chi connectivity index (χ0n) is 12.8. The lowest BCUT2D eigenvalue weighted by atomic mass is 10.1. The average Bonchev–Trinajstić information content (AvgIpc) is 2.98. The molecule has 0 saturated heterocycles. The number of halogens is 1. The van der Waals surface area contributed by atoms with Crippen molar-refractivity contribution in [3.8, 4) is 17.4 Å². The molecule has 0 aliphatic carbocycles. The minimum atomic E-state index is -0.429. The standard InChI is InChI=1S/C19H13ClN2O2/c1-12-6-8-13(9-7-12)17-10-14(11-21)19(24-17)22-18(23)15-4-2-3-5-16(15)20/h2-10H,1H3,(H,22,23). The summed E-state index contributed by atoms with van der Waals surface area (Å²) in [6, 6.07) is 18.0. The molecule has 2 aromatic carbocycles. The molecule has 1 N–H and O–H groups in total. The highest BCUT2D eigenvalue weighted by molar-refractivity contribution is 6.34. The van der Waals surface area contributed by atoms with Crippen molar-refractivity contribution >= 4 is 23.4 Å². The van der Waals surface area contributed by atoms with Gasteiger partial charge in [0.1, 0.15) is 17.4 Å². The van der Waals surface area contributed by atoms with Gasteiger partial charge in [-0.2, -0.15) is 5.26 Å². The van der Waals surface area contributed by atoms with Crippen LogP contribution in [0.3, 0.4) is 0 Å². The van der Waals surface area contributed by atoms with Gasteiger partial charge in [0.25, 0.3) is 5.91 Å². The van der Waals surface area contributed by atoms with Crippen molar-refractivity contribution in [3.05, 3.63) is 76.3 Å². The van der Waals surface area contributed by atoms with Crippen LogP contribution in [0.4, 0.5) is 5.88 Å². The van der Waals surface area contributed by atoms with Gasteiger partial charge in [0.15, 0.2) is 0 Å². The van der Waals surface area contributed by atoms with Gasteiger partial charge in [0.2, 0.25) is 5.88 Å². The Morgan fingerprint density at radius 3 is 2.54 bits per heavy atom. The molecular formula is C19H13ClN2O2. The van der Waals surface area contributed by atoms with E-state index < -0.39 is 5.91 Å². The molecule has 4 nitrogen and oxygen atoms in total. The molecule has 0 radical (unpaired) electrons. The van der Waals surface area contributed by atoms with Crippen LogP contribution in [0.1, 0.15) is 21.5 Å². The van der Waals surface area contributed by atoms with Crippen LogP contribution in [0.15, 0.2) is 59.0 Å². The second-order valence-electron chi connectivity index (χ2n) is 5.27. The number of nitrogens with one attached hydrogen (secondary N) is 1. The normalized spacial score (nSPS) is 10.2. The summed E-state index contributed by atoms with van der Waals surface area (Å²) in [5.74, 6) is 0.195. The number of nitriles is 1. The van der Waals surface area contributed by atoms with E-state index in [2.05, 4.69) is 5.32 Å². The summed E-state index contributed by atoms with van der Waals surface area (Å²) >= 11 is 6.02. The molecule has 1 aromatic heterocycles. The Morgan fingerprint density at radius 2 is 1.88 bits per heavy atom. The van der Waals surface area contributed by atoms with E-state index in [9.17, 15) is 10.1 Å². The van der Waals surface area contributed by atoms with Gasteiger partial charge in [-0.3, -0.25) is 10.1 Å². The molecule has 3 aromatic rings. The fourth-order valence-corrected chi connectivity index (χ4v) is 2.46. The summed E-state index contributed by atoms with van der Waals surface area (Å²) in [6.07, 6.45) is 0. The molecule has 24 heavy (non-hydrogen) atoms. The number of carbonyl (C=O) groups excluding carboxylic acids is 1. The molecular weight excluding hydrogens is 324 g/mol. The topological polar surface area (TPSA) is 66.0 Å². The molecule has 118 valence electrons. The lowest BCUT2D eigenvalue weighted by Crippen LogP contribution is -2.12. The summed E-state index contributed by atoms with van der Waals surface area (Å²) in [4.78, 5) is 12.3. The third-order valence-corrected chi connectivity index (χ3v) is 3.86. The Balaban J connectivity index is 1.91. The van der Waals surface area contributed by atoms with Gasteiger partial charge in [0.05, 0.1) is 10.6 Å². The largest absolute Gasteiger partial charge is 0.439 e. The minimum Gasteiger partial charge on any atom is -0.439 e. The lowest BCUT2D eigenvalue weighted by molar-refractivity contribution is 0.102. The van der Waals surface area contributed by atoms with Crippen molar-refractivity contribution in [2.45, 2.75) is 6.92 Å². The number of carbonyl (C=O) groups is 1. The molecule has 5 heteroatoms. The average molecular weight is 337 g/mol. The maximum Gasteiger partial charge on any atom is 0.259 e. The Kier molecular flexibility index (Phi) is 4.37. The smallest absolute Gasteiger partial charge is 0.259 e. The molecule has 3 rings (SSSR count). The van der Waals surface area contributed by atoms with Crippen LogP contribution in [0.5, 0.6) is 0 Å². The summed E-state index contributed by atoms with van der Waals surface area (Å²) in [5.41, 5.74) is 2.52. The highest BCUT2D eigenvalue weighted by atomic mass is 35.5.